The van der Waals surface area contributed by atoms with E-state index in [2.05, 4.69) is 43.4 Å². The Bertz CT molecular complexity index is 452. The average Bonchev–Trinajstić information content (AvgIpc) is 3.21. The molecule has 2 rings (SSSR count). The zero-order valence-corrected chi connectivity index (χ0v) is 12.4. The number of nitrogens with one attached hydrogen (secondary N) is 1. The van der Waals surface area contributed by atoms with Gasteiger partial charge in [-0.25, -0.2) is 0 Å². The Hall–Kier alpha value is -1.35. The maximum Gasteiger partial charge on any atom is 0.307 e. The van der Waals surface area contributed by atoms with Gasteiger partial charge in [-0.15, -0.1) is 0 Å². The van der Waals surface area contributed by atoms with Crippen molar-refractivity contribution in [3.8, 4) is 0 Å². The van der Waals surface area contributed by atoms with Crippen molar-refractivity contribution < 1.29 is 9.90 Å². The average molecular weight is 275 g/mol. The summed E-state index contributed by atoms with van der Waals surface area (Å²) in [5.41, 5.74) is 2.68. The molecule has 0 aromatic heterocycles. The number of carboxylic acids is 1. The third-order valence-corrected chi connectivity index (χ3v) is 3.82. The van der Waals surface area contributed by atoms with Crippen molar-refractivity contribution in [3.63, 3.8) is 0 Å². The molecule has 1 aromatic carbocycles. The van der Waals surface area contributed by atoms with Crippen LogP contribution in [0.3, 0.4) is 0 Å². The van der Waals surface area contributed by atoms with Crippen molar-refractivity contribution in [2.75, 3.05) is 6.54 Å². The Kier molecular flexibility index (Phi) is 5.18. The maximum absolute atomic E-state index is 11.2. The normalized spacial score (nSPS) is 16.4. The van der Waals surface area contributed by atoms with Gasteiger partial charge in [0.15, 0.2) is 0 Å². The summed E-state index contributed by atoms with van der Waals surface area (Å²) in [7, 11) is 0. The number of hydrogen-bond acceptors (Lipinski definition) is 2. The lowest BCUT2D eigenvalue weighted by molar-refractivity contribution is -0.142. The van der Waals surface area contributed by atoms with Crippen molar-refractivity contribution in [1.29, 1.82) is 0 Å². The van der Waals surface area contributed by atoms with Crippen molar-refractivity contribution in [2.45, 2.75) is 45.6 Å². The minimum Gasteiger partial charge on any atom is -0.481 e. The van der Waals surface area contributed by atoms with Crippen LogP contribution in [0.1, 0.15) is 50.2 Å². The monoisotopic (exact) mass is 275 g/mol. The molecule has 1 fully saturated rings. The van der Waals surface area contributed by atoms with Crippen LogP contribution in [-0.2, 0) is 11.3 Å². The molecule has 0 aliphatic heterocycles. The van der Waals surface area contributed by atoms with Crippen LogP contribution < -0.4 is 5.32 Å². The highest BCUT2D eigenvalue weighted by atomic mass is 16.4. The molecule has 0 radical (unpaired) electrons. The molecule has 110 valence electrons. The van der Waals surface area contributed by atoms with Gasteiger partial charge in [0.1, 0.15) is 0 Å². The molecule has 1 aliphatic rings. The standard InChI is InChI=1S/C17H25NO2/c1-12(2)8-16(17(19)20)11-18-10-13-4-3-5-15(9-13)14-6-7-14/h3-5,9,12,14,16,18H,6-8,10-11H2,1-2H3,(H,19,20). The van der Waals surface area contributed by atoms with E-state index in [0.29, 0.717) is 12.5 Å². The molecule has 1 aliphatic carbocycles. The van der Waals surface area contributed by atoms with Crippen LogP contribution in [0.25, 0.3) is 0 Å². The summed E-state index contributed by atoms with van der Waals surface area (Å²) in [4.78, 5) is 11.2. The Labute approximate surface area is 121 Å². The molecule has 0 saturated heterocycles. The summed E-state index contributed by atoms with van der Waals surface area (Å²) < 4.78 is 0. The summed E-state index contributed by atoms with van der Waals surface area (Å²) >= 11 is 0. The molecule has 1 saturated carbocycles. The molecular formula is C17H25NO2. The van der Waals surface area contributed by atoms with E-state index in [4.69, 9.17) is 0 Å². The molecule has 0 bridgehead atoms. The van der Waals surface area contributed by atoms with Gasteiger partial charge in [0.2, 0.25) is 0 Å². The molecular weight excluding hydrogens is 250 g/mol. The quantitative estimate of drug-likeness (QED) is 0.764. The van der Waals surface area contributed by atoms with E-state index in [1.807, 2.05) is 0 Å². The van der Waals surface area contributed by atoms with Gasteiger partial charge in [0, 0.05) is 13.1 Å². The largest absolute Gasteiger partial charge is 0.481 e. The van der Waals surface area contributed by atoms with Crippen LogP contribution in [-0.4, -0.2) is 17.6 Å². The molecule has 2 N–H and O–H groups in total. The van der Waals surface area contributed by atoms with Crippen LogP contribution in [0.5, 0.6) is 0 Å². The first kappa shape index (κ1) is 15.0. The van der Waals surface area contributed by atoms with Gasteiger partial charge in [-0.1, -0.05) is 38.1 Å². The van der Waals surface area contributed by atoms with E-state index in [9.17, 15) is 9.90 Å². The number of hydrogen-bond donors (Lipinski definition) is 2. The van der Waals surface area contributed by atoms with Gasteiger partial charge in [0.25, 0.3) is 0 Å². The third-order valence-electron chi connectivity index (χ3n) is 3.82. The van der Waals surface area contributed by atoms with Gasteiger partial charge in [-0.3, -0.25) is 4.79 Å². The number of aliphatic carboxylic acids is 1. The van der Waals surface area contributed by atoms with Gasteiger partial charge in [0.05, 0.1) is 5.92 Å². The van der Waals surface area contributed by atoms with E-state index in [-0.39, 0.29) is 5.92 Å². The molecule has 3 nitrogen and oxygen atoms in total. The Morgan fingerprint density at radius 3 is 2.75 bits per heavy atom. The second kappa shape index (κ2) is 6.89. The first-order valence-corrected chi connectivity index (χ1v) is 7.58. The lowest BCUT2D eigenvalue weighted by Gasteiger charge is -2.15. The molecule has 0 amide bonds. The summed E-state index contributed by atoms with van der Waals surface area (Å²) in [6, 6.07) is 8.66. The SMILES string of the molecule is CC(C)CC(CNCc1cccc(C2CC2)c1)C(=O)O. The summed E-state index contributed by atoms with van der Waals surface area (Å²) in [6.07, 6.45) is 3.35. The molecule has 20 heavy (non-hydrogen) atoms. The van der Waals surface area contributed by atoms with Gasteiger partial charge in [-0.2, -0.15) is 0 Å². The third kappa shape index (κ3) is 4.64. The maximum atomic E-state index is 11.2. The molecule has 3 heteroatoms. The fourth-order valence-electron chi connectivity index (χ4n) is 2.60. The first-order valence-electron chi connectivity index (χ1n) is 7.58. The van der Waals surface area contributed by atoms with Crippen LogP contribution in [0.15, 0.2) is 24.3 Å². The second-order valence-corrected chi connectivity index (χ2v) is 6.31. The van der Waals surface area contributed by atoms with E-state index >= 15 is 0 Å². The topological polar surface area (TPSA) is 49.3 Å². The summed E-state index contributed by atoms with van der Waals surface area (Å²) in [5.74, 6) is 0.193. The highest BCUT2D eigenvalue weighted by molar-refractivity contribution is 5.70. The van der Waals surface area contributed by atoms with Crippen molar-refractivity contribution in [1.82, 2.24) is 5.32 Å². The van der Waals surface area contributed by atoms with Crippen LogP contribution >= 0.6 is 0 Å². The summed E-state index contributed by atoms with van der Waals surface area (Å²) in [5, 5.41) is 12.5. The predicted octanol–water partition coefficient (Wildman–Crippen LogP) is 3.40. The van der Waals surface area contributed by atoms with Gasteiger partial charge >= 0.3 is 5.97 Å². The van der Waals surface area contributed by atoms with E-state index in [1.165, 1.54) is 24.0 Å². The van der Waals surface area contributed by atoms with Gasteiger partial charge in [-0.05, 0) is 42.2 Å². The number of rotatable bonds is 8. The Morgan fingerprint density at radius 1 is 1.40 bits per heavy atom. The predicted molar refractivity (Wildman–Crippen MR) is 80.7 cm³/mol. The van der Waals surface area contributed by atoms with Crippen LogP contribution in [0.4, 0.5) is 0 Å². The molecule has 1 unspecified atom stereocenters. The van der Waals surface area contributed by atoms with Crippen molar-refractivity contribution in [3.05, 3.63) is 35.4 Å². The smallest absolute Gasteiger partial charge is 0.307 e. The molecule has 1 aromatic rings. The zero-order chi connectivity index (χ0) is 14.5. The lowest BCUT2D eigenvalue weighted by atomic mass is 9.97. The minimum atomic E-state index is -0.696. The highest BCUT2D eigenvalue weighted by Crippen LogP contribution is 2.40. The van der Waals surface area contributed by atoms with Crippen molar-refractivity contribution >= 4 is 5.97 Å². The number of carboxylic acid groups (broad SMARTS) is 1. The second-order valence-electron chi connectivity index (χ2n) is 6.31. The fraction of sp³-hybridized carbons (Fsp3) is 0.588. The van der Waals surface area contributed by atoms with E-state index in [0.717, 1.165) is 18.9 Å². The fourth-order valence-corrected chi connectivity index (χ4v) is 2.60. The molecule has 0 heterocycles. The molecule has 0 spiro atoms. The van der Waals surface area contributed by atoms with Crippen LogP contribution in [0, 0.1) is 11.8 Å². The van der Waals surface area contributed by atoms with Gasteiger partial charge < -0.3 is 10.4 Å². The first-order chi connectivity index (χ1) is 9.56. The number of carbonyl (C=O) groups is 1. The Balaban J connectivity index is 1.81. The van der Waals surface area contributed by atoms with E-state index in [1.54, 1.807) is 0 Å². The summed E-state index contributed by atoms with van der Waals surface area (Å²) in [6.45, 7) is 5.42. The molecule has 1 atom stereocenters. The zero-order valence-electron chi connectivity index (χ0n) is 12.4. The highest BCUT2D eigenvalue weighted by Gasteiger charge is 2.23. The Morgan fingerprint density at radius 2 is 2.15 bits per heavy atom. The van der Waals surface area contributed by atoms with Crippen LogP contribution in [0.2, 0.25) is 0 Å². The van der Waals surface area contributed by atoms with Crippen molar-refractivity contribution in [2.24, 2.45) is 11.8 Å². The number of benzene rings is 1. The lowest BCUT2D eigenvalue weighted by Crippen LogP contribution is -2.29. The van der Waals surface area contributed by atoms with E-state index < -0.39 is 5.97 Å². The minimum absolute atomic E-state index is 0.290.